The van der Waals surface area contributed by atoms with Crippen LogP contribution in [-0.2, 0) is 6.18 Å². The van der Waals surface area contributed by atoms with Crippen molar-refractivity contribution in [3.05, 3.63) is 48.1 Å². The number of carbonyl (C=O) groups is 1. The fourth-order valence-corrected chi connectivity index (χ4v) is 3.19. The predicted octanol–water partition coefficient (Wildman–Crippen LogP) is 1.95. The molecule has 1 aliphatic rings. The topological polar surface area (TPSA) is 89.2 Å². The molecule has 1 amide bonds. The van der Waals surface area contributed by atoms with Crippen LogP contribution in [0.3, 0.4) is 0 Å². The summed E-state index contributed by atoms with van der Waals surface area (Å²) in [7, 11) is 0. The van der Waals surface area contributed by atoms with E-state index in [9.17, 15) is 18.0 Å². The normalized spacial score (nSPS) is 16.0. The number of hydrogen-bond donors (Lipinski definition) is 0. The Morgan fingerprint density at radius 1 is 1.11 bits per heavy atom. The Morgan fingerprint density at radius 2 is 1.89 bits per heavy atom. The van der Waals surface area contributed by atoms with E-state index < -0.39 is 12.0 Å². The van der Waals surface area contributed by atoms with Gasteiger partial charge >= 0.3 is 6.18 Å². The molecule has 0 N–H and O–H groups in total. The van der Waals surface area contributed by atoms with E-state index in [1.165, 1.54) is 24.8 Å². The molecule has 1 fully saturated rings. The molecule has 8 nitrogen and oxygen atoms in total. The van der Waals surface area contributed by atoms with Gasteiger partial charge < -0.3 is 4.90 Å². The summed E-state index contributed by atoms with van der Waals surface area (Å²) in [6, 6.07) is 1.65. The Hall–Kier alpha value is -3.11. The number of carbonyl (C=O) groups excluding carboxylic acids is 1. The van der Waals surface area contributed by atoms with Gasteiger partial charge in [0.25, 0.3) is 17.5 Å². The number of halogens is 3. The van der Waals surface area contributed by atoms with Gasteiger partial charge in [-0.15, -0.1) is 5.10 Å². The van der Waals surface area contributed by atoms with Crippen molar-refractivity contribution in [1.82, 2.24) is 34.4 Å². The fourth-order valence-electron chi connectivity index (χ4n) is 3.19. The van der Waals surface area contributed by atoms with Gasteiger partial charge in [-0.3, -0.25) is 9.78 Å². The minimum atomic E-state index is -4.63. The van der Waals surface area contributed by atoms with Crippen molar-refractivity contribution in [2.75, 3.05) is 13.1 Å². The molecule has 11 heteroatoms. The third kappa shape index (κ3) is 3.32. The molecule has 0 unspecified atom stereocenters. The van der Waals surface area contributed by atoms with Gasteiger partial charge in [0.15, 0.2) is 0 Å². The first kappa shape index (κ1) is 17.3. The lowest BCUT2D eigenvalue weighted by molar-refractivity contribution is -0.144. The van der Waals surface area contributed by atoms with Gasteiger partial charge in [-0.2, -0.15) is 18.2 Å². The molecule has 3 aromatic heterocycles. The Bertz CT molecular complexity index is 965. The molecule has 0 spiro atoms. The van der Waals surface area contributed by atoms with Gasteiger partial charge in [0.1, 0.15) is 5.69 Å². The van der Waals surface area contributed by atoms with Crippen LogP contribution in [0.15, 0.2) is 30.9 Å². The Kier molecular flexibility index (Phi) is 4.21. The molecule has 140 valence electrons. The number of alkyl halides is 3. The Balaban J connectivity index is 1.53. The van der Waals surface area contributed by atoms with Crippen LogP contribution in [0.25, 0.3) is 5.78 Å². The monoisotopic (exact) mass is 377 g/mol. The lowest BCUT2D eigenvalue weighted by Gasteiger charge is -2.31. The number of nitrogens with zero attached hydrogens (tertiary/aromatic N) is 7. The summed E-state index contributed by atoms with van der Waals surface area (Å²) in [6.45, 7) is 0.926. The first-order chi connectivity index (χ1) is 12.9. The van der Waals surface area contributed by atoms with E-state index in [2.05, 4.69) is 25.0 Å². The summed E-state index contributed by atoms with van der Waals surface area (Å²) in [5, 5.41) is 3.58. The summed E-state index contributed by atoms with van der Waals surface area (Å²) >= 11 is 0. The van der Waals surface area contributed by atoms with Crippen LogP contribution < -0.4 is 0 Å². The van der Waals surface area contributed by atoms with Gasteiger partial charge in [-0.1, -0.05) is 0 Å². The zero-order valence-corrected chi connectivity index (χ0v) is 14.0. The molecule has 0 saturated carbocycles. The maximum Gasteiger partial charge on any atom is 0.453 e. The van der Waals surface area contributed by atoms with E-state index in [4.69, 9.17) is 0 Å². The lowest BCUT2D eigenvalue weighted by atomic mass is 9.93. The van der Waals surface area contributed by atoms with Crippen molar-refractivity contribution in [3.63, 3.8) is 0 Å². The number of piperidine rings is 1. The molecule has 1 saturated heterocycles. The van der Waals surface area contributed by atoms with E-state index in [-0.39, 0.29) is 23.3 Å². The molecule has 0 atom stereocenters. The zero-order chi connectivity index (χ0) is 19.0. The molecule has 3 aromatic rings. The van der Waals surface area contributed by atoms with Crippen LogP contribution in [0, 0.1) is 0 Å². The van der Waals surface area contributed by atoms with Crippen LogP contribution in [0.5, 0.6) is 0 Å². The second-order valence-corrected chi connectivity index (χ2v) is 6.17. The van der Waals surface area contributed by atoms with Gasteiger partial charge in [0.2, 0.25) is 0 Å². The third-order valence-electron chi connectivity index (χ3n) is 4.51. The molecule has 27 heavy (non-hydrogen) atoms. The number of rotatable bonds is 2. The second kappa shape index (κ2) is 6.56. The maximum absolute atomic E-state index is 12.9. The molecule has 0 aliphatic carbocycles. The van der Waals surface area contributed by atoms with Crippen molar-refractivity contribution in [1.29, 1.82) is 0 Å². The summed E-state index contributed by atoms with van der Waals surface area (Å²) in [5.74, 6) is -1.55. The fraction of sp³-hybridized carbons (Fsp3) is 0.375. The van der Waals surface area contributed by atoms with Gasteiger partial charge in [0.05, 0.1) is 11.9 Å². The van der Waals surface area contributed by atoms with E-state index in [0.717, 1.165) is 4.52 Å². The van der Waals surface area contributed by atoms with E-state index in [0.29, 0.717) is 31.6 Å². The first-order valence-electron chi connectivity index (χ1n) is 8.27. The van der Waals surface area contributed by atoms with Crippen molar-refractivity contribution < 1.29 is 18.0 Å². The first-order valence-corrected chi connectivity index (χ1v) is 8.27. The smallest absolute Gasteiger partial charge is 0.337 e. The van der Waals surface area contributed by atoms with Crippen LogP contribution in [0.1, 0.15) is 40.8 Å². The molecule has 0 radical (unpaired) electrons. The Morgan fingerprint density at radius 3 is 2.56 bits per heavy atom. The SMILES string of the molecule is O=C(c1cnccn1)N1CCC(c2ccnc3nc(C(F)(F)F)nn23)CC1. The second-order valence-electron chi connectivity index (χ2n) is 6.17. The highest BCUT2D eigenvalue weighted by atomic mass is 19.4. The van der Waals surface area contributed by atoms with Gasteiger partial charge in [0, 0.05) is 37.6 Å². The molecular weight excluding hydrogens is 363 g/mol. The van der Waals surface area contributed by atoms with Crippen LogP contribution in [0.4, 0.5) is 13.2 Å². The largest absolute Gasteiger partial charge is 0.453 e. The predicted molar refractivity (Wildman–Crippen MR) is 85.7 cm³/mol. The van der Waals surface area contributed by atoms with Crippen molar-refractivity contribution in [2.24, 2.45) is 0 Å². The molecule has 1 aliphatic heterocycles. The van der Waals surface area contributed by atoms with Crippen molar-refractivity contribution in [2.45, 2.75) is 24.9 Å². The number of aromatic nitrogens is 6. The molecule has 4 rings (SSSR count). The third-order valence-corrected chi connectivity index (χ3v) is 4.51. The number of amides is 1. The summed E-state index contributed by atoms with van der Waals surface area (Å²) < 4.78 is 39.8. The Labute approximate surface area is 151 Å². The minimum absolute atomic E-state index is 0.0517. The standard InChI is InChI=1S/C16H14F3N7O/c17-16(18,19)14-23-15-22-4-1-12(26(15)24-14)10-2-7-25(8-3-10)13(27)11-9-20-5-6-21-11/h1,4-6,9-10H,2-3,7-8H2. The van der Waals surface area contributed by atoms with Crippen LogP contribution in [0.2, 0.25) is 0 Å². The van der Waals surface area contributed by atoms with E-state index >= 15 is 0 Å². The summed E-state index contributed by atoms with van der Waals surface area (Å²) in [6.07, 6.45) is 2.34. The molecule has 0 aromatic carbocycles. The van der Waals surface area contributed by atoms with Crippen LogP contribution in [-0.4, -0.2) is 53.4 Å². The highest BCUT2D eigenvalue weighted by molar-refractivity contribution is 5.92. The summed E-state index contributed by atoms with van der Waals surface area (Å²) in [5.41, 5.74) is 0.878. The number of likely N-dealkylation sites (tertiary alicyclic amines) is 1. The van der Waals surface area contributed by atoms with E-state index in [1.54, 1.807) is 11.0 Å². The average Bonchev–Trinajstić information content (AvgIpc) is 3.13. The van der Waals surface area contributed by atoms with Crippen LogP contribution >= 0.6 is 0 Å². The number of hydrogen-bond acceptors (Lipinski definition) is 6. The molecule has 0 bridgehead atoms. The van der Waals surface area contributed by atoms with Crippen molar-refractivity contribution in [3.8, 4) is 0 Å². The average molecular weight is 377 g/mol. The zero-order valence-electron chi connectivity index (χ0n) is 14.0. The quantitative estimate of drug-likeness (QED) is 0.678. The van der Waals surface area contributed by atoms with Gasteiger partial charge in [-0.25, -0.2) is 14.5 Å². The van der Waals surface area contributed by atoms with E-state index in [1.807, 2.05) is 0 Å². The lowest BCUT2D eigenvalue weighted by Crippen LogP contribution is -2.38. The van der Waals surface area contributed by atoms with Crippen molar-refractivity contribution >= 4 is 11.7 Å². The van der Waals surface area contributed by atoms with Gasteiger partial charge in [-0.05, 0) is 18.9 Å². The number of fused-ring (bicyclic) bond motifs is 1. The minimum Gasteiger partial charge on any atom is -0.337 e. The molecule has 4 heterocycles. The molecular formula is C16H14F3N7O. The summed E-state index contributed by atoms with van der Waals surface area (Å²) in [4.78, 5) is 29.3. The highest BCUT2D eigenvalue weighted by Gasteiger charge is 2.37. The maximum atomic E-state index is 12.9. The highest BCUT2D eigenvalue weighted by Crippen LogP contribution is 2.30.